The maximum absolute atomic E-state index is 12.8. The molecule has 5 nitrogen and oxygen atoms in total. The molecule has 0 radical (unpaired) electrons. The van der Waals surface area contributed by atoms with Gasteiger partial charge in [-0.2, -0.15) is 0 Å². The van der Waals surface area contributed by atoms with E-state index < -0.39 is 0 Å². The maximum atomic E-state index is 12.8. The van der Waals surface area contributed by atoms with Gasteiger partial charge >= 0.3 is 0 Å². The van der Waals surface area contributed by atoms with Crippen molar-refractivity contribution in [3.05, 3.63) is 80.6 Å². The zero-order valence-corrected chi connectivity index (χ0v) is 21.2. The summed E-state index contributed by atoms with van der Waals surface area (Å²) in [6, 6.07) is 15.9. The second-order valence-corrected chi connectivity index (χ2v) is 9.06. The Bertz CT molecular complexity index is 1130. The molecule has 0 fully saturated rings. The van der Waals surface area contributed by atoms with Crippen LogP contribution in [0.2, 0.25) is 5.02 Å². The Hall–Kier alpha value is -2.41. The number of rotatable bonds is 10. The molecule has 0 bridgehead atoms. The molecular formula is C26H33ClN4OS. The number of hydrogen-bond donors (Lipinski definition) is 2. The molecule has 1 heterocycles. The van der Waals surface area contributed by atoms with Crippen molar-refractivity contribution in [1.82, 2.24) is 20.1 Å². The van der Waals surface area contributed by atoms with Gasteiger partial charge in [0.05, 0.1) is 6.54 Å². The molecule has 0 atom stereocenters. The molecule has 0 aliphatic carbocycles. The Balaban J connectivity index is 1.78. The van der Waals surface area contributed by atoms with Gasteiger partial charge in [-0.25, -0.2) is 0 Å². The number of pyridine rings is 1. The number of fused-ring (bicyclic) bond motifs is 1. The standard InChI is InChI=1S/C26H33ClN4OS/c1-4-30(5-2)13-9-12-28-26(33)31(17-20-10-7-6-8-11-20)18-22-15-21-14-19(3)23(27)16-24(21)29-25(22)32/h6-8,10-11,14-16H,4-5,9,12-13,17-18H2,1-3H3,(H,28,33)(H,29,32). The molecule has 0 amide bonds. The number of hydrogen-bond acceptors (Lipinski definition) is 3. The molecule has 0 saturated carbocycles. The van der Waals surface area contributed by atoms with Gasteiger partial charge in [0.15, 0.2) is 5.11 Å². The summed E-state index contributed by atoms with van der Waals surface area (Å²) >= 11 is 12.0. The van der Waals surface area contributed by atoms with Crippen LogP contribution in [-0.4, -0.2) is 46.1 Å². The third kappa shape index (κ3) is 7.03. The first kappa shape index (κ1) is 25.2. The van der Waals surface area contributed by atoms with E-state index in [0.29, 0.717) is 28.8 Å². The summed E-state index contributed by atoms with van der Waals surface area (Å²) < 4.78 is 0. The molecule has 0 unspecified atom stereocenters. The molecular weight excluding hydrogens is 452 g/mol. The molecule has 0 saturated heterocycles. The van der Waals surface area contributed by atoms with Crippen LogP contribution in [0.3, 0.4) is 0 Å². The average Bonchev–Trinajstić information content (AvgIpc) is 2.81. The minimum absolute atomic E-state index is 0.121. The summed E-state index contributed by atoms with van der Waals surface area (Å²) in [5.74, 6) is 0. The summed E-state index contributed by atoms with van der Waals surface area (Å²) in [4.78, 5) is 20.3. The Morgan fingerprint density at radius 1 is 1.09 bits per heavy atom. The Labute approximate surface area is 206 Å². The second kappa shape index (κ2) is 12.2. The lowest BCUT2D eigenvalue weighted by atomic mass is 10.1. The lowest BCUT2D eigenvalue weighted by molar-refractivity contribution is 0.299. The van der Waals surface area contributed by atoms with Crippen LogP contribution in [0.25, 0.3) is 10.9 Å². The predicted molar refractivity (Wildman–Crippen MR) is 143 cm³/mol. The fourth-order valence-electron chi connectivity index (χ4n) is 3.86. The topological polar surface area (TPSA) is 51.4 Å². The summed E-state index contributed by atoms with van der Waals surface area (Å²) in [5.41, 5.74) is 3.42. The first-order valence-electron chi connectivity index (χ1n) is 11.5. The molecule has 3 aromatic rings. The number of benzene rings is 2. The van der Waals surface area contributed by atoms with E-state index in [1.807, 2.05) is 37.3 Å². The molecule has 1 aromatic heterocycles. The predicted octanol–water partition coefficient (Wildman–Crippen LogP) is 5.10. The molecule has 7 heteroatoms. The number of aromatic amines is 1. The average molecular weight is 485 g/mol. The van der Waals surface area contributed by atoms with Crippen molar-refractivity contribution in [3.8, 4) is 0 Å². The first-order valence-corrected chi connectivity index (χ1v) is 12.3. The van der Waals surface area contributed by atoms with Crippen molar-refractivity contribution >= 4 is 39.8 Å². The van der Waals surface area contributed by atoms with Crippen LogP contribution < -0.4 is 10.9 Å². The molecule has 2 aromatic carbocycles. The van der Waals surface area contributed by atoms with Gasteiger partial charge in [0.2, 0.25) is 0 Å². The zero-order chi connectivity index (χ0) is 23.8. The molecule has 2 N–H and O–H groups in total. The highest BCUT2D eigenvalue weighted by atomic mass is 35.5. The molecule has 3 rings (SSSR count). The largest absolute Gasteiger partial charge is 0.363 e. The van der Waals surface area contributed by atoms with Crippen LogP contribution >= 0.6 is 23.8 Å². The second-order valence-electron chi connectivity index (χ2n) is 8.27. The van der Waals surface area contributed by atoms with Crippen molar-refractivity contribution in [3.63, 3.8) is 0 Å². The van der Waals surface area contributed by atoms with E-state index in [-0.39, 0.29) is 5.56 Å². The minimum atomic E-state index is -0.121. The van der Waals surface area contributed by atoms with E-state index in [2.05, 4.69) is 46.1 Å². The monoisotopic (exact) mass is 484 g/mol. The highest BCUT2D eigenvalue weighted by molar-refractivity contribution is 7.80. The first-order chi connectivity index (χ1) is 15.9. The van der Waals surface area contributed by atoms with Gasteiger partial charge in [-0.05, 0) is 79.9 Å². The summed E-state index contributed by atoms with van der Waals surface area (Å²) in [6.45, 7) is 11.3. The van der Waals surface area contributed by atoms with E-state index in [4.69, 9.17) is 23.8 Å². The lowest BCUT2D eigenvalue weighted by Crippen LogP contribution is -2.41. The number of nitrogens with zero attached hydrogens (tertiary/aromatic N) is 2. The van der Waals surface area contributed by atoms with Crippen LogP contribution in [0.15, 0.2) is 53.3 Å². The smallest absolute Gasteiger partial charge is 0.253 e. The fraction of sp³-hybridized carbons (Fsp3) is 0.385. The Kier molecular flexibility index (Phi) is 9.30. The summed E-state index contributed by atoms with van der Waals surface area (Å²) in [7, 11) is 0. The molecule has 33 heavy (non-hydrogen) atoms. The highest BCUT2D eigenvalue weighted by Gasteiger charge is 2.14. The van der Waals surface area contributed by atoms with Crippen molar-refractivity contribution in [1.29, 1.82) is 0 Å². The number of halogens is 1. The van der Waals surface area contributed by atoms with Gasteiger partial charge in [-0.3, -0.25) is 4.79 Å². The number of aromatic nitrogens is 1. The number of aryl methyl sites for hydroxylation is 1. The van der Waals surface area contributed by atoms with Gasteiger partial charge in [0, 0.05) is 29.2 Å². The minimum Gasteiger partial charge on any atom is -0.363 e. The highest BCUT2D eigenvalue weighted by Crippen LogP contribution is 2.22. The van der Waals surface area contributed by atoms with Crippen LogP contribution in [-0.2, 0) is 13.1 Å². The van der Waals surface area contributed by atoms with Crippen molar-refractivity contribution in [2.24, 2.45) is 0 Å². The third-order valence-electron chi connectivity index (χ3n) is 5.89. The van der Waals surface area contributed by atoms with Gasteiger partial charge in [0.25, 0.3) is 5.56 Å². The zero-order valence-electron chi connectivity index (χ0n) is 19.7. The van der Waals surface area contributed by atoms with Gasteiger partial charge in [-0.15, -0.1) is 0 Å². The van der Waals surface area contributed by atoms with E-state index in [1.165, 1.54) is 0 Å². The summed E-state index contributed by atoms with van der Waals surface area (Å²) in [6.07, 6.45) is 1.01. The Morgan fingerprint density at radius 2 is 1.82 bits per heavy atom. The molecule has 0 aliphatic heterocycles. The van der Waals surface area contributed by atoms with E-state index in [1.54, 1.807) is 6.07 Å². The number of nitrogens with one attached hydrogen (secondary N) is 2. The third-order valence-corrected chi connectivity index (χ3v) is 6.70. The van der Waals surface area contributed by atoms with Crippen LogP contribution in [0.4, 0.5) is 0 Å². The lowest BCUT2D eigenvalue weighted by Gasteiger charge is -2.26. The van der Waals surface area contributed by atoms with Crippen molar-refractivity contribution in [2.45, 2.75) is 40.3 Å². The van der Waals surface area contributed by atoms with Crippen LogP contribution in [0, 0.1) is 6.92 Å². The van der Waals surface area contributed by atoms with E-state index >= 15 is 0 Å². The normalized spacial score (nSPS) is 11.2. The van der Waals surface area contributed by atoms with Gasteiger partial charge in [-0.1, -0.05) is 55.8 Å². The number of thiocarbonyl (C=S) groups is 1. The quantitative estimate of drug-likeness (QED) is 0.310. The maximum Gasteiger partial charge on any atom is 0.253 e. The SMILES string of the molecule is CCN(CC)CCCNC(=S)N(Cc1ccccc1)Cc1cc2cc(C)c(Cl)cc2[nH]c1=O. The number of H-pyrrole nitrogens is 1. The van der Waals surface area contributed by atoms with Crippen LogP contribution in [0.5, 0.6) is 0 Å². The van der Waals surface area contributed by atoms with E-state index in [9.17, 15) is 4.79 Å². The van der Waals surface area contributed by atoms with E-state index in [0.717, 1.165) is 54.6 Å². The Morgan fingerprint density at radius 3 is 2.52 bits per heavy atom. The molecule has 0 aliphatic rings. The van der Waals surface area contributed by atoms with Crippen LogP contribution in [0.1, 0.15) is 37.0 Å². The van der Waals surface area contributed by atoms with Crippen molar-refractivity contribution in [2.75, 3.05) is 26.2 Å². The van der Waals surface area contributed by atoms with Gasteiger partial charge in [0.1, 0.15) is 0 Å². The summed E-state index contributed by atoms with van der Waals surface area (Å²) in [5, 5.41) is 5.67. The van der Waals surface area contributed by atoms with Gasteiger partial charge < -0.3 is 20.1 Å². The molecule has 176 valence electrons. The fourth-order valence-corrected chi connectivity index (χ4v) is 4.26. The van der Waals surface area contributed by atoms with Crippen molar-refractivity contribution < 1.29 is 0 Å². The molecule has 0 spiro atoms.